The number of hydrogen-bond acceptors (Lipinski definition) is 6. The van der Waals surface area contributed by atoms with Crippen LogP contribution in [0.3, 0.4) is 0 Å². The van der Waals surface area contributed by atoms with Gasteiger partial charge in [-0.15, -0.1) is 0 Å². The van der Waals surface area contributed by atoms with Gasteiger partial charge in [0.1, 0.15) is 5.82 Å². The highest BCUT2D eigenvalue weighted by atomic mass is 32.2. The first-order valence-electron chi connectivity index (χ1n) is 12.6. The zero-order chi connectivity index (χ0) is 25.4. The molecule has 0 spiro atoms. The van der Waals surface area contributed by atoms with Crippen molar-refractivity contribution in [2.75, 3.05) is 18.8 Å². The molecule has 2 aromatic heterocycles. The number of carbonyl (C=O) groups is 1. The van der Waals surface area contributed by atoms with Crippen LogP contribution in [0.4, 0.5) is 0 Å². The fourth-order valence-electron chi connectivity index (χ4n) is 5.16. The second-order valence-corrected chi connectivity index (χ2v) is 10.6. The molecule has 2 aliphatic heterocycles. The molecule has 0 saturated carbocycles. The maximum Gasteiger partial charge on any atom is 0.346 e. The van der Waals surface area contributed by atoms with Gasteiger partial charge in [-0.25, -0.2) is 14.5 Å². The molecule has 4 heterocycles. The summed E-state index contributed by atoms with van der Waals surface area (Å²) in [4.78, 5) is 45.4. The third-order valence-electron chi connectivity index (χ3n) is 7.39. The molecule has 1 fully saturated rings. The van der Waals surface area contributed by atoms with E-state index < -0.39 is 0 Å². The molecular weight excluding hydrogens is 476 g/mol. The van der Waals surface area contributed by atoms with Crippen molar-refractivity contribution < 1.29 is 4.79 Å². The lowest BCUT2D eigenvalue weighted by Gasteiger charge is -2.32. The van der Waals surface area contributed by atoms with Crippen LogP contribution in [0.25, 0.3) is 0 Å². The fraction of sp³-hybridized carbons (Fsp3) is 0.500. The molecule has 1 atom stereocenters. The van der Waals surface area contributed by atoms with Gasteiger partial charge in [-0.2, -0.15) is 5.10 Å². The summed E-state index contributed by atoms with van der Waals surface area (Å²) >= 11 is 1.55. The third-order valence-corrected chi connectivity index (χ3v) is 8.49. The first-order valence-corrected chi connectivity index (χ1v) is 13.6. The van der Waals surface area contributed by atoms with E-state index in [4.69, 9.17) is 5.10 Å². The van der Waals surface area contributed by atoms with Crippen LogP contribution in [0.2, 0.25) is 0 Å². The number of likely N-dealkylation sites (tertiary alicyclic amines) is 1. The number of benzene rings is 1. The first-order chi connectivity index (χ1) is 17.4. The number of rotatable bonds is 6. The molecule has 2 aliphatic rings. The second-order valence-electron chi connectivity index (χ2n) is 9.63. The molecule has 9 nitrogen and oxygen atoms in total. The van der Waals surface area contributed by atoms with Gasteiger partial charge < -0.3 is 4.90 Å². The quantitative estimate of drug-likeness (QED) is 0.475. The van der Waals surface area contributed by atoms with E-state index in [0.717, 1.165) is 29.9 Å². The highest BCUT2D eigenvalue weighted by Gasteiger charge is 2.32. The van der Waals surface area contributed by atoms with Crippen molar-refractivity contribution in [2.45, 2.75) is 70.2 Å². The van der Waals surface area contributed by atoms with Crippen molar-refractivity contribution in [2.24, 2.45) is 0 Å². The van der Waals surface area contributed by atoms with Gasteiger partial charge in [-0.05, 0) is 39.2 Å². The lowest BCUT2D eigenvalue weighted by atomic mass is 9.95. The van der Waals surface area contributed by atoms with Gasteiger partial charge in [0.25, 0.3) is 5.56 Å². The smallest absolute Gasteiger partial charge is 0.343 e. The lowest BCUT2D eigenvalue weighted by Crippen LogP contribution is -2.40. The van der Waals surface area contributed by atoms with E-state index in [1.54, 1.807) is 32.5 Å². The van der Waals surface area contributed by atoms with Gasteiger partial charge >= 0.3 is 5.69 Å². The number of carbonyl (C=O) groups excluding carboxylic acids is 1. The molecule has 0 radical (unpaired) electrons. The Bertz CT molecular complexity index is 1390. The van der Waals surface area contributed by atoms with Gasteiger partial charge in [0.2, 0.25) is 5.91 Å². The number of fused-ring (bicyclic) bond motifs is 1. The number of piperidine rings is 1. The van der Waals surface area contributed by atoms with E-state index in [1.165, 1.54) is 0 Å². The van der Waals surface area contributed by atoms with Crippen molar-refractivity contribution in [1.82, 2.24) is 28.8 Å². The predicted molar refractivity (Wildman–Crippen MR) is 139 cm³/mol. The molecule has 0 N–H and O–H groups in total. The fourth-order valence-corrected chi connectivity index (χ4v) is 6.34. The molecule has 10 heteroatoms. The van der Waals surface area contributed by atoms with Crippen LogP contribution in [0, 0.1) is 13.8 Å². The van der Waals surface area contributed by atoms with Crippen LogP contribution in [0.5, 0.6) is 0 Å². The topological polar surface area (TPSA) is 95.0 Å². The number of hydrogen-bond donors (Lipinski definition) is 0. The Morgan fingerprint density at radius 1 is 1.11 bits per heavy atom. The van der Waals surface area contributed by atoms with Crippen molar-refractivity contribution in [3.05, 3.63) is 73.8 Å². The Labute approximate surface area is 214 Å². The monoisotopic (exact) mass is 508 g/mol. The minimum absolute atomic E-state index is 0.0392. The van der Waals surface area contributed by atoms with E-state index in [2.05, 4.69) is 4.98 Å². The van der Waals surface area contributed by atoms with Crippen LogP contribution in [0.1, 0.15) is 60.8 Å². The Balaban J connectivity index is 1.25. The Hall–Kier alpha value is -3.14. The molecule has 5 rings (SSSR count). The largest absolute Gasteiger partial charge is 0.346 e. The number of amides is 1. The highest BCUT2D eigenvalue weighted by Crippen LogP contribution is 2.34. The maximum absolute atomic E-state index is 13.2. The van der Waals surface area contributed by atoms with E-state index in [0.29, 0.717) is 49.1 Å². The molecule has 0 aliphatic carbocycles. The Morgan fingerprint density at radius 2 is 1.83 bits per heavy atom. The predicted octanol–water partition coefficient (Wildman–Crippen LogP) is 2.73. The second kappa shape index (κ2) is 10.1. The molecule has 0 bridgehead atoms. The van der Waals surface area contributed by atoms with Crippen molar-refractivity contribution in [1.29, 1.82) is 0 Å². The highest BCUT2D eigenvalue weighted by molar-refractivity contribution is 7.99. The van der Waals surface area contributed by atoms with Gasteiger partial charge in [0, 0.05) is 49.0 Å². The van der Waals surface area contributed by atoms with Gasteiger partial charge in [-0.3, -0.25) is 18.7 Å². The minimum atomic E-state index is -0.159. The van der Waals surface area contributed by atoms with Crippen molar-refractivity contribution in [3.63, 3.8) is 0 Å². The molecule has 190 valence electrons. The molecule has 3 aromatic rings. The van der Waals surface area contributed by atoms with E-state index in [-0.39, 0.29) is 29.1 Å². The molecule has 1 unspecified atom stereocenters. The minimum Gasteiger partial charge on any atom is -0.343 e. The number of aromatic nitrogens is 5. The molecule has 1 saturated heterocycles. The first kappa shape index (κ1) is 24.5. The Morgan fingerprint density at radius 3 is 2.53 bits per heavy atom. The average Bonchev–Trinajstić information content (AvgIpc) is 3.43. The van der Waals surface area contributed by atoms with Crippen LogP contribution in [0.15, 0.2) is 45.1 Å². The SMILES string of the molecule is CCn1c(C2CCN(C(=O)CC3CSc4nc(C)c(C)c(=O)n43)CC2)nn(Cc2ccccc2)c1=O. The standard InChI is InChI=1S/C26H32N6O3S/c1-4-30-23(28-31(26(30)35)15-19-8-6-5-7-9-19)20-10-12-29(13-11-20)22(33)14-21-16-36-25-27-18(3)17(2)24(34)32(21)25/h5-9,20-21H,4,10-16H2,1-3H3. The number of nitrogens with zero attached hydrogens (tertiary/aromatic N) is 6. The third kappa shape index (κ3) is 4.54. The molecule has 36 heavy (non-hydrogen) atoms. The summed E-state index contributed by atoms with van der Waals surface area (Å²) in [6.07, 6.45) is 1.84. The van der Waals surface area contributed by atoms with Gasteiger partial charge in [0.05, 0.1) is 12.6 Å². The molecular formula is C26H32N6O3S. The van der Waals surface area contributed by atoms with Crippen LogP contribution >= 0.6 is 11.8 Å². The summed E-state index contributed by atoms with van der Waals surface area (Å²) < 4.78 is 5.02. The van der Waals surface area contributed by atoms with Gasteiger partial charge in [0.15, 0.2) is 5.16 Å². The average molecular weight is 509 g/mol. The lowest BCUT2D eigenvalue weighted by molar-refractivity contribution is -0.133. The zero-order valence-corrected chi connectivity index (χ0v) is 21.8. The van der Waals surface area contributed by atoms with Crippen LogP contribution in [-0.4, -0.2) is 53.5 Å². The molecule has 1 amide bonds. The van der Waals surface area contributed by atoms with Gasteiger partial charge in [-0.1, -0.05) is 42.1 Å². The van der Waals surface area contributed by atoms with Crippen LogP contribution < -0.4 is 11.2 Å². The van der Waals surface area contributed by atoms with E-state index in [1.807, 2.05) is 49.1 Å². The van der Waals surface area contributed by atoms with Crippen molar-refractivity contribution in [3.8, 4) is 0 Å². The van der Waals surface area contributed by atoms with Crippen molar-refractivity contribution >= 4 is 17.7 Å². The summed E-state index contributed by atoms with van der Waals surface area (Å²) in [5.74, 6) is 1.71. The summed E-state index contributed by atoms with van der Waals surface area (Å²) in [7, 11) is 0. The summed E-state index contributed by atoms with van der Waals surface area (Å²) in [5, 5.41) is 5.43. The maximum atomic E-state index is 13.2. The Kier molecular flexibility index (Phi) is 6.87. The normalized spacial score (nSPS) is 18.0. The number of aryl methyl sites for hydroxylation is 1. The summed E-state index contributed by atoms with van der Waals surface area (Å²) in [5.41, 5.74) is 2.32. The molecule has 1 aromatic carbocycles. The summed E-state index contributed by atoms with van der Waals surface area (Å²) in [6.45, 7) is 7.88. The number of thioether (sulfide) groups is 1. The van der Waals surface area contributed by atoms with E-state index in [9.17, 15) is 14.4 Å². The zero-order valence-electron chi connectivity index (χ0n) is 21.0. The summed E-state index contributed by atoms with van der Waals surface area (Å²) in [6, 6.07) is 9.71. The van der Waals surface area contributed by atoms with E-state index >= 15 is 0 Å². The van der Waals surface area contributed by atoms with Crippen LogP contribution in [-0.2, 0) is 17.9 Å².